The monoisotopic (exact) mass is 466 g/mol. The van der Waals surface area contributed by atoms with Gasteiger partial charge < -0.3 is 8.92 Å². The lowest BCUT2D eigenvalue weighted by Gasteiger charge is -2.32. The number of methoxy groups -OCH3 is 1. The van der Waals surface area contributed by atoms with Crippen molar-refractivity contribution in [3.63, 3.8) is 0 Å². The summed E-state index contributed by atoms with van der Waals surface area (Å²) in [5.41, 5.74) is -2.95. The van der Waals surface area contributed by atoms with Crippen LogP contribution in [-0.2, 0) is 24.5 Å². The molecule has 0 amide bonds. The summed E-state index contributed by atoms with van der Waals surface area (Å²) in [5, 5.41) is 0. The Balaban J connectivity index is 2.01. The standard InChI is InChI=1S/C23H21F3O5S/c1-14(15-5-7-16(8-6-15)21(27)30-4)17-9-10-19-18(13-17)20(11-12-22(19,2)3)31-32(28,29)23(24,25)26/h5-11,13H,1,12H2,2-4H3. The Hall–Kier alpha value is -3.07. The quantitative estimate of drug-likeness (QED) is 0.334. The molecule has 0 heterocycles. The molecule has 0 bridgehead atoms. The largest absolute Gasteiger partial charge is 0.534 e. The first-order valence-electron chi connectivity index (χ1n) is 9.51. The molecule has 0 unspecified atom stereocenters. The van der Waals surface area contributed by atoms with Crippen molar-refractivity contribution in [2.75, 3.05) is 7.11 Å². The van der Waals surface area contributed by atoms with Crippen molar-refractivity contribution in [1.29, 1.82) is 0 Å². The molecule has 0 aromatic heterocycles. The third-order valence-corrected chi connectivity index (χ3v) is 6.26. The number of esters is 1. The van der Waals surface area contributed by atoms with Crippen molar-refractivity contribution >= 4 is 27.4 Å². The fourth-order valence-corrected chi connectivity index (χ4v) is 3.92. The predicted molar refractivity (Wildman–Crippen MR) is 114 cm³/mol. The number of fused-ring (bicyclic) bond motifs is 1. The van der Waals surface area contributed by atoms with Crippen LogP contribution in [0.3, 0.4) is 0 Å². The first-order chi connectivity index (χ1) is 14.8. The number of carbonyl (C=O) groups excluding carboxylic acids is 1. The molecule has 0 atom stereocenters. The third kappa shape index (κ3) is 4.43. The highest BCUT2D eigenvalue weighted by Crippen LogP contribution is 2.42. The van der Waals surface area contributed by atoms with Gasteiger partial charge in [-0.15, -0.1) is 0 Å². The molecule has 5 nitrogen and oxygen atoms in total. The molecule has 0 N–H and O–H groups in total. The summed E-state index contributed by atoms with van der Waals surface area (Å²) >= 11 is 0. The summed E-state index contributed by atoms with van der Waals surface area (Å²) < 4.78 is 71.0. The number of halogens is 3. The van der Waals surface area contributed by atoms with Gasteiger partial charge in [0.15, 0.2) is 0 Å². The van der Waals surface area contributed by atoms with Gasteiger partial charge >= 0.3 is 21.6 Å². The Morgan fingerprint density at radius 3 is 2.16 bits per heavy atom. The second-order valence-electron chi connectivity index (χ2n) is 7.95. The second kappa shape index (κ2) is 8.12. The van der Waals surface area contributed by atoms with Crippen LogP contribution in [0.2, 0.25) is 0 Å². The lowest BCUT2D eigenvalue weighted by molar-refractivity contribution is -0.0509. The van der Waals surface area contributed by atoms with Crippen molar-refractivity contribution < 1.29 is 35.3 Å². The van der Waals surface area contributed by atoms with Crippen LogP contribution in [-0.4, -0.2) is 27.0 Å². The third-order valence-electron chi connectivity index (χ3n) is 5.30. The van der Waals surface area contributed by atoms with Gasteiger partial charge in [0.1, 0.15) is 5.76 Å². The highest BCUT2D eigenvalue weighted by Gasteiger charge is 2.49. The molecule has 0 aliphatic heterocycles. The van der Waals surface area contributed by atoms with Crippen molar-refractivity contribution in [1.82, 2.24) is 0 Å². The molecule has 0 spiro atoms. The van der Waals surface area contributed by atoms with Gasteiger partial charge in [0, 0.05) is 5.56 Å². The lowest BCUT2D eigenvalue weighted by Crippen LogP contribution is -2.28. The van der Waals surface area contributed by atoms with Gasteiger partial charge in [0.25, 0.3) is 0 Å². The molecule has 9 heteroatoms. The van der Waals surface area contributed by atoms with Gasteiger partial charge in [-0.25, -0.2) is 4.79 Å². The molecule has 2 aromatic carbocycles. The van der Waals surface area contributed by atoms with Crippen LogP contribution in [0.15, 0.2) is 55.1 Å². The summed E-state index contributed by atoms with van der Waals surface area (Å²) in [6.07, 6.45) is 1.65. The molecule has 0 saturated carbocycles. The zero-order chi connectivity index (χ0) is 23.9. The molecule has 0 radical (unpaired) electrons. The first-order valence-corrected chi connectivity index (χ1v) is 10.9. The molecular formula is C23H21F3O5S. The average Bonchev–Trinajstić information content (AvgIpc) is 2.73. The van der Waals surface area contributed by atoms with Crippen LogP contribution in [0, 0.1) is 0 Å². The van der Waals surface area contributed by atoms with E-state index in [1.54, 1.807) is 42.5 Å². The molecule has 0 fully saturated rings. The molecular weight excluding hydrogens is 445 g/mol. The molecule has 170 valence electrons. The van der Waals surface area contributed by atoms with Gasteiger partial charge in [-0.05, 0) is 58.4 Å². The van der Waals surface area contributed by atoms with Gasteiger partial charge in [-0.3, -0.25) is 0 Å². The number of allylic oxidation sites excluding steroid dienone is 1. The zero-order valence-electron chi connectivity index (χ0n) is 17.6. The molecule has 0 saturated heterocycles. The number of hydrogen-bond acceptors (Lipinski definition) is 5. The molecule has 1 aliphatic carbocycles. The minimum atomic E-state index is -5.81. The van der Waals surface area contributed by atoms with Crippen LogP contribution in [0.5, 0.6) is 0 Å². The maximum Gasteiger partial charge on any atom is 0.534 e. The summed E-state index contributed by atoms with van der Waals surface area (Å²) in [6.45, 7) is 7.84. The molecule has 1 aliphatic rings. The summed E-state index contributed by atoms with van der Waals surface area (Å²) in [6, 6.07) is 11.5. The van der Waals surface area contributed by atoms with Gasteiger partial charge in [-0.2, -0.15) is 21.6 Å². The lowest BCUT2D eigenvalue weighted by atomic mass is 9.74. The number of alkyl halides is 3. The van der Waals surface area contributed by atoms with E-state index in [0.717, 1.165) is 0 Å². The maximum absolute atomic E-state index is 12.9. The van der Waals surface area contributed by atoms with Crippen LogP contribution in [0.25, 0.3) is 11.3 Å². The number of carbonyl (C=O) groups is 1. The summed E-state index contributed by atoms with van der Waals surface area (Å²) in [5.74, 6) is -0.858. The average molecular weight is 466 g/mol. The fraction of sp³-hybridized carbons (Fsp3) is 0.261. The minimum Gasteiger partial charge on any atom is -0.465 e. The van der Waals surface area contributed by atoms with E-state index in [2.05, 4.69) is 15.5 Å². The van der Waals surface area contributed by atoms with E-state index in [1.807, 2.05) is 13.8 Å². The van der Waals surface area contributed by atoms with Crippen LogP contribution in [0.4, 0.5) is 13.2 Å². The van der Waals surface area contributed by atoms with Gasteiger partial charge in [0.05, 0.1) is 12.7 Å². The SMILES string of the molecule is C=C(c1ccc(C(=O)OC)cc1)c1ccc2c(c1)C(OS(=O)(=O)C(F)(F)F)=CCC2(C)C. The Morgan fingerprint density at radius 1 is 1.03 bits per heavy atom. The molecule has 2 aromatic rings. The van der Waals surface area contributed by atoms with Crippen LogP contribution in [0.1, 0.15) is 52.9 Å². The summed E-state index contributed by atoms with van der Waals surface area (Å²) in [7, 11) is -4.54. The minimum absolute atomic E-state index is 0.249. The number of benzene rings is 2. The topological polar surface area (TPSA) is 69.7 Å². The highest BCUT2D eigenvalue weighted by atomic mass is 32.2. The van der Waals surface area contributed by atoms with Crippen molar-refractivity contribution in [3.8, 4) is 0 Å². The maximum atomic E-state index is 12.9. The van der Waals surface area contributed by atoms with E-state index in [4.69, 9.17) is 0 Å². The van der Waals surface area contributed by atoms with E-state index in [-0.39, 0.29) is 11.3 Å². The fourth-order valence-electron chi connectivity index (χ4n) is 3.43. The first kappa shape index (κ1) is 23.6. The van der Waals surface area contributed by atoms with E-state index >= 15 is 0 Å². The van der Waals surface area contributed by atoms with Crippen molar-refractivity contribution in [2.24, 2.45) is 0 Å². The molecule has 3 rings (SSSR count). The van der Waals surface area contributed by atoms with E-state index in [9.17, 15) is 26.4 Å². The normalized spacial score (nSPS) is 15.4. The van der Waals surface area contributed by atoms with Crippen LogP contribution < -0.4 is 0 Å². The second-order valence-corrected chi connectivity index (χ2v) is 9.49. The van der Waals surface area contributed by atoms with Gasteiger partial charge in [0.2, 0.25) is 0 Å². The van der Waals surface area contributed by atoms with E-state index in [1.165, 1.54) is 13.2 Å². The van der Waals surface area contributed by atoms with Gasteiger partial charge in [-0.1, -0.05) is 44.7 Å². The summed E-state index contributed by atoms with van der Waals surface area (Å²) in [4.78, 5) is 11.6. The Kier molecular flexibility index (Phi) is 5.99. The molecule has 32 heavy (non-hydrogen) atoms. The zero-order valence-corrected chi connectivity index (χ0v) is 18.4. The van der Waals surface area contributed by atoms with Crippen molar-refractivity contribution in [3.05, 3.63) is 82.9 Å². The Bertz CT molecular complexity index is 1210. The Morgan fingerprint density at radius 2 is 1.59 bits per heavy atom. The number of ether oxygens (including phenoxy) is 1. The number of hydrogen-bond donors (Lipinski definition) is 0. The van der Waals surface area contributed by atoms with E-state index < -0.39 is 27.0 Å². The predicted octanol–water partition coefficient (Wildman–Crippen LogP) is 5.42. The highest BCUT2D eigenvalue weighted by molar-refractivity contribution is 7.87. The van der Waals surface area contributed by atoms with Crippen molar-refractivity contribution in [2.45, 2.75) is 31.2 Å². The van der Waals surface area contributed by atoms with E-state index in [0.29, 0.717) is 34.2 Å². The smallest absolute Gasteiger partial charge is 0.465 e. The Labute approximate surface area is 184 Å². The number of rotatable bonds is 5. The van der Waals surface area contributed by atoms with Crippen LogP contribution >= 0.6 is 0 Å².